The first-order valence-electron chi connectivity index (χ1n) is 10.2. The smallest absolute Gasteiger partial charge is 0.336 e. The van der Waals surface area contributed by atoms with Crippen LogP contribution < -0.4 is 10.1 Å². The maximum atomic E-state index is 13.8. The molecular weight excluding hydrogens is 450 g/mol. The van der Waals surface area contributed by atoms with Gasteiger partial charge < -0.3 is 14.8 Å². The third-order valence-electron chi connectivity index (χ3n) is 5.22. The second-order valence-electron chi connectivity index (χ2n) is 7.42. The molecule has 1 N–H and O–H groups in total. The van der Waals surface area contributed by atoms with Gasteiger partial charge >= 0.3 is 5.97 Å². The number of benzene rings is 2. The number of carbonyl (C=O) groups is 1. The highest BCUT2D eigenvalue weighted by molar-refractivity contribution is 7.95. The van der Waals surface area contributed by atoms with Gasteiger partial charge in [0.15, 0.2) is 0 Å². The second kappa shape index (κ2) is 9.79. The van der Waals surface area contributed by atoms with Gasteiger partial charge in [0.25, 0.3) is 0 Å². The fourth-order valence-corrected chi connectivity index (χ4v) is 5.78. The van der Waals surface area contributed by atoms with Gasteiger partial charge in [-0.25, -0.2) is 13.2 Å². The van der Waals surface area contributed by atoms with E-state index in [1.54, 1.807) is 50.2 Å². The summed E-state index contributed by atoms with van der Waals surface area (Å²) in [6, 6.07) is 13.2. The average Bonchev–Trinajstić information content (AvgIpc) is 2.77. The first-order valence-corrected chi connectivity index (χ1v) is 12.1. The Balaban J connectivity index is 2.18. The number of hydrogen-bond acceptors (Lipinski definition) is 6. The van der Waals surface area contributed by atoms with Crippen molar-refractivity contribution in [1.82, 2.24) is 5.32 Å². The lowest BCUT2D eigenvalue weighted by Gasteiger charge is -2.31. The molecule has 170 valence electrons. The zero-order valence-corrected chi connectivity index (χ0v) is 20.0. The van der Waals surface area contributed by atoms with Crippen LogP contribution in [0.4, 0.5) is 0 Å². The SMILES string of the molecule is CCCOc1ccc(S(=O)(=O)C2=C(C)NC(C)=C(C(=O)OC)C2c2ccccc2Cl)cc1. The average molecular weight is 476 g/mol. The number of allylic oxidation sites excluding steroid dienone is 3. The van der Waals surface area contributed by atoms with E-state index in [4.69, 9.17) is 21.1 Å². The van der Waals surface area contributed by atoms with Crippen molar-refractivity contribution in [2.45, 2.75) is 38.0 Å². The molecule has 0 fully saturated rings. The van der Waals surface area contributed by atoms with Gasteiger partial charge in [-0.15, -0.1) is 0 Å². The van der Waals surface area contributed by atoms with Crippen LogP contribution in [0.15, 0.2) is 75.3 Å². The predicted octanol–water partition coefficient (Wildman–Crippen LogP) is 4.97. The van der Waals surface area contributed by atoms with Crippen LogP contribution in [0.2, 0.25) is 5.02 Å². The minimum atomic E-state index is -4.00. The molecule has 32 heavy (non-hydrogen) atoms. The van der Waals surface area contributed by atoms with Crippen molar-refractivity contribution in [1.29, 1.82) is 0 Å². The summed E-state index contributed by atoms with van der Waals surface area (Å²) in [5, 5.41) is 3.40. The molecule has 3 rings (SSSR count). The number of dihydropyridines is 1. The van der Waals surface area contributed by atoms with Gasteiger partial charge in [-0.1, -0.05) is 36.7 Å². The summed E-state index contributed by atoms with van der Waals surface area (Å²) in [6.07, 6.45) is 0.847. The number of halogens is 1. The Morgan fingerprint density at radius 1 is 1.06 bits per heavy atom. The molecule has 2 aromatic carbocycles. The first kappa shape index (κ1) is 23.9. The quantitative estimate of drug-likeness (QED) is 0.569. The predicted molar refractivity (Wildman–Crippen MR) is 124 cm³/mol. The molecule has 0 radical (unpaired) electrons. The first-order chi connectivity index (χ1) is 15.2. The minimum Gasteiger partial charge on any atom is -0.494 e. The zero-order valence-electron chi connectivity index (χ0n) is 18.4. The van der Waals surface area contributed by atoms with E-state index < -0.39 is 21.7 Å². The number of hydrogen-bond donors (Lipinski definition) is 1. The van der Waals surface area contributed by atoms with Crippen molar-refractivity contribution in [2.24, 2.45) is 0 Å². The molecule has 1 unspecified atom stereocenters. The summed E-state index contributed by atoms with van der Waals surface area (Å²) < 4.78 is 38.2. The van der Waals surface area contributed by atoms with Crippen LogP contribution >= 0.6 is 11.6 Å². The van der Waals surface area contributed by atoms with Crippen LogP contribution in [0.5, 0.6) is 5.75 Å². The number of ether oxygens (including phenoxy) is 2. The van der Waals surface area contributed by atoms with E-state index in [1.807, 2.05) is 6.92 Å². The van der Waals surface area contributed by atoms with Gasteiger partial charge in [0.2, 0.25) is 9.84 Å². The maximum Gasteiger partial charge on any atom is 0.336 e. The van der Waals surface area contributed by atoms with Crippen molar-refractivity contribution >= 4 is 27.4 Å². The lowest BCUT2D eigenvalue weighted by atomic mass is 9.86. The van der Waals surface area contributed by atoms with Crippen molar-refractivity contribution < 1.29 is 22.7 Å². The van der Waals surface area contributed by atoms with Gasteiger partial charge in [-0.05, 0) is 56.2 Å². The molecule has 0 saturated carbocycles. The number of sulfone groups is 1. The van der Waals surface area contributed by atoms with Crippen molar-refractivity contribution in [2.75, 3.05) is 13.7 Å². The summed E-state index contributed by atoms with van der Waals surface area (Å²) in [5.41, 5.74) is 1.65. The van der Waals surface area contributed by atoms with Gasteiger partial charge in [-0.3, -0.25) is 0 Å². The molecule has 0 saturated heterocycles. The molecular formula is C24H26ClNO5S. The standard InChI is InChI=1S/C24H26ClNO5S/c1-5-14-31-17-10-12-18(13-11-17)32(28,29)23-16(3)26-15(2)21(24(27)30-4)22(23)19-8-6-7-9-20(19)25/h6-13,22,26H,5,14H2,1-4H3. The van der Waals surface area contributed by atoms with Crippen LogP contribution in [0, 0.1) is 0 Å². The van der Waals surface area contributed by atoms with E-state index in [0.717, 1.165) is 6.42 Å². The Morgan fingerprint density at radius 3 is 2.31 bits per heavy atom. The van der Waals surface area contributed by atoms with Crippen molar-refractivity contribution in [3.05, 3.63) is 81.0 Å². The van der Waals surface area contributed by atoms with Crippen LogP contribution in [0.25, 0.3) is 0 Å². The van der Waals surface area contributed by atoms with Gasteiger partial charge in [0.1, 0.15) is 5.75 Å². The Kier molecular flexibility index (Phi) is 7.31. The van der Waals surface area contributed by atoms with Crippen LogP contribution in [-0.2, 0) is 19.4 Å². The van der Waals surface area contributed by atoms with Crippen LogP contribution in [0.1, 0.15) is 38.7 Å². The molecule has 1 aliphatic rings. The summed E-state index contributed by atoms with van der Waals surface area (Å²) >= 11 is 6.47. The lowest BCUT2D eigenvalue weighted by Crippen LogP contribution is -2.31. The number of nitrogens with one attached hydrogen (secondary N) is 1. The van der Waals surface area contributed by atoms with E-state index in [9.17, 15) is 13.2 Å². The molecule has 6 nitrogen and oxygen atoms in total. The number of carbonyl (C=O) groups excluding carboxylic acids is 1. The highest BCUT2D eigenvalue weighted by Gasteiger charge is 2.41. The molecule has 8 heteroatoms. The Morgan fingerprint density at radius 2 is 1.72 bits per heavy atom. The van der Waals surface area contributed by atoms with Crippen LogP contribution in [0.3, 0.4) is 0 Å². The molecule has 0 bridgehead atoms. The highest BCUT2D eigenvalue weighted by atomic mass is 35.5. The summed E-state index contributed by atoms with van der Waals surface area (Å²) in [6.45, 7) is 5.92. The van der Waals surface area contributed by atoms with Gasteiger partial charge in [-0.2, -0.15) is 0 Å². The normalized spacial score (nSPS) is 16.6. The number of methoxy groups -OCH3 is 1. The monoisotopic (exact) mass is 475 g/mol. The molecule has 2 aromatic rings. The zero-order chi connectivity index (χ0) is 23.5. The Bertz CT molecular complexity index is 1180. The van der Waals surface area contributed by atoms with Crippen molar-refractivity contribution in [3.63, 3.8) is 0 Å². The molecule has 1 heterocycles. The number of rotatable bonds is 7. The Labute approximate surface area is 193 Å². The van der Waals surface area contributed by atoms with E-state index in [0.29, 0.717) is 34.3 Å². The van der Waals surface area contributed by atoms with Gasteiger partial charge in [0, 0.05) is 16.4 Å². The van der Waals surface area contributed by atoms with Crippen LogP contribution in [-0.4, -0.2) is 28.1 Å². The molecule has 0 aliphatic carbocycles. The maximum absolute atomic E-state index is 13.8. The fourth-order valence-electron chi connectivity index (χ4n) is 3.78. The topological polar surface area (TPSA) is 81.7 Å². The molecule has 0 spiro atoms. The fraction of sp³-hybridized carbons (Fsp3) is 0.292. The van der Waals surface area contributed by atoms with E-state index in [1.165, 1.54) is 19.2 Å². The second-order valence-corrected chi connectivity index (χ2v) is 9.75. The summed E-state index contributed by atoms with van der Waals surface area (Å²) in [7, 11) is -2.74. The number of esters is 1. The molecule has 0 aromatic heterocycles. The summed E-state index contributed by atoms with van der Waals surface area (Å²) in [5.74, 6) is -0.950. The van der Waals surface area contributed by atoms with Gasteiger partial charge in [0.05, 0.1) is 35.0 Å². The largest absolute Gasteiger partial charge is 0.494 e. The summed E-state index contributed by atoms with van der Waals surface area (Å²) in [4.78, 5) is 12.9. The molecule has 1 atom stereocenters. The Hall–Kier alpha value is -2.77. The van der Waals surface area contributed by atoms with E-state index >= 15 is 0 Å². The molecule has 1 aliphatic heterocycles. The third kappa shape index (κ3) is 4.54. The lowest BCUT2D eigenvalue weighted by molar-refractivity contribution is -0.136. The molecule has 0 amide bonds. The third-order valence-corrected chi connectivity index (χ3v) is 7.58. The van der Waals surface area contributed by atoms with Crippen molar-refractivity contribution in [3.8, 4) is 5.75 Å². The minimum absolute atomic E-state index is 0.0545. The van der Waals surface area contributed by atoms with E-state index in [2.05, 4.69) is 5.32 Å². The van der Waals surface area contributed by atoms with E-state index in [-0.39, 0.29) is 15.4 Å². The highest BCUT2D eigenvalue weighted by Crippen LogP contribution is 2.45.